The van der Waals surface area contributed by atoms with Gasteiger partial charge in [0.1, 0.15) is 0 Å². The van der Waals surface area contributed by atoms with Gasteiger partial charge in [0.25, 0.3) is 0 Å². The summed E-state index contributed by atoms with van der Waals surface area (Å²) < 4.78 is 1.04. The van der Waals surface area contributed by atoms with Gasteiger partial charge in [-0.05, 0) is 17.7 Å². The molecule has 13 heavy (non-hydrogen) atoms. The predicted octanol–water partition coefficient (Wildman–Crippen LogP) is 2.29. The van der Waals surface area contributed by atoms with E-state index in [-0.39, 0.29) is 0 Å². The Morgan fingerprint density at radius 2 is 2.00 bits per heavy atom. The first-order valence-corrected chi connectivity index (χ1v) is 4.41. The van der Waals surface area contributed by atoms with Gasteiger partial charge < -0.3 is 0 Å². The fourth-order valence-electron chi connectivity index (χ4n) is 0.806. The van der Waals surface area contributed by atoms with Gasteiger partial charge in [-0.25, -0.2) is 4.79 Å². The smallest absolute Gasteiger partial charge is 0.210 e. The van der Waals surface area contributed by atoms with E-state index >= 15 is 0 Å². The van der Waals surface area contributed by atoms with Crippen molar-refractivity contribution in [3.63, 3.8) is 0 Å². The van der Waals surface area contributed by atoms with Gasteiger partial charge in [0.2, 0.25) is 6.08 Å². The van der Waals surface area contributed by atoms with Crippen molar-refractivity contribution < 1.29 is 4.79 Å². The highest BCUT2D eigenvalue weighted by Crippen LogP contribution is 2.10. The van der Waals surface area contributed by atoms with Crippen molar-refractivity contribution >= 4 is 22.0 Å². The molecular formula is C10H6BrNO. The van der Waals surface area contributed by atoms with Gasteiger partial charge in [-0.3, -0.25) is 0 Å². The average Bonchev–Trinajstić information content (AvgIpc) is 2.15. The third-order valence-corrected chi connectivity index (χ3v) is 1.92. The van der Waals surface area contributed by atoms with Crippen LogP contribution in [-0.2, 0) is 11.2 Å². The summed E-state index contributed by atoms with van der Waals surface area (Å²) in [6.45, 7) is 0. The van der Waals surface area contributed by atoms with Crippen molar-refractivity contribution in [1.29, 1.82) is 0 Å². The zero-order chi connectivity index (χ0) is 9.52. The summed E-state index contributed by atoms with van der Waals surface area (Å²) in [6.07, 6.45) is 1.95. The van der Waals surface area contributed by atoms with Crippen molar-refractivity contribution in [2.24, 2.45) is 4.99 Å². The molecule has 3 heteroatoms. The molecule has 1 aromatic rings. The van der Waals surface area contributed by atoms with Crippen LogP contribution in [0.25, 0.3) is 0 Å². The fourth-order valence-corrected chi connectivity index (χ4v) is 1.07. The molecule has 0 unspecified atom stereocenters. The number of rotatable bonds is 1. The van der Waals surface area contributed by atoms with Crippen LogP contribution in [0.1, 0.15) is 5.56 Å². The second-order valence-electron chi connectivity index (χ2n) is 2.29. The molecule has 0 fully saturated rings. The predicted molar refractivity (Wildman–Crippen MR) is 53.7 cm³/mol. The van der Waals surface area contributed by atoms with E-state index in [9.17, 15) is 4.79 Å². The van der Waals surface area contributed by atoms with Gasteiger partial charge in [-0.15, -0.1) is 4.99 Å². The Morgan fingerprint density at radius 1 is 1.31 bits per heavy atom. The highest BCUT2D eigenvalue weighted by molar-refractivity contribution is 9.10. The minimum atomic E-state index is 0.596. The van der Waals surface area contributed by atoms with Gasteiger partial charge in [-0.2, -0.15) is 0 Å². The maximum atomic E-state index is 9.66. The zero-order valence-electron chi connectivity index (χ0n) is 6.75. The summed E-state index contributed by atoms with van der Waals surface area (Å²) >= 11 is 3.33. The topological polar surface area (TPSA) is 29.4 Å². The molecule has 0 heterocycles. The van der Waals surface area contributed by atoms with Crippen LogP contribution in [0.4, 0.5) is 0 Å². The molecule has 1 aromatic carbocycles. The van der Waals surface area contributed by atoms with Crippen LogP contribution in [0.15, 0.2) is 33.7 Å². The van der Waals surface area contributed by atoms with Crippen LogP contribution in [0, 0.1) is 12.0 Å². The Morgan fingerprint density at radius 3 is 2.62 bits per heavy atom. The lowest BCUT2D eigenvalue weighted by molar-refractivity contribution is 0.565. The highest BCUT2D eigenvalue weighted by atomic mass is 79.9. The van der Waals surface area contributed by atoms with E-state index in [2.05, 4.69) is 32.9 Å². The molecule has 0 aliphatic rings. The fraction of sp³-hybridized carbons (Fsp3) is 0.100. The third-order valence-electron chi connectivity index (χ3n) is 1.39. The molecule has 0 aliphatic carbocycles. The van der Waals surface area contributed by atoms with Gasteiger partial charge >= 0.3 is 0 Å². The summed E-state index contributed by atoms with van der Waals surface area (Å²) in [4.78, 5) is 12.8. The minimum Gasteiger partial charge on any atom is -0.210 e. The lowest BCUT2D eigenvalue weighted by Gasteiger charge is -1.93. The lowest BCUT2D eigenvalue weighted by atomic mass is 10.2. The number of aliphatic imine (C=N–C) groups is 1. The summed E-state index contributed by atoms with van der Waals surface area (Å²) in [7, 11) is 0. The first-order valence-electron chi connectivity index (χ1n) is 3.62. The van der Waals surface area contributed by atoms with E-state index < -0.39 is 0 Å². The number of benzene rings is 1. The molecule has 0 spiro atoms. The molecule has 0 N–H and O–H groups in total. The number of nitrogens with zero attached hydrogens (tertiary/aromatic N) is 1. The summed E-state index contributed by atoms with van der Waals surface area (Å²) in [6, 6.07) is 10.2. The van der Waals surface area contributed by atoms with E-state index in [1.807, 2.05) is 24.3 Å². The molecule has 64 valence electrons. The highest BCUT2D eigenvalue weighted by Gasteiger charge is 1.88. The second-order valence-corrected chi connectivity index (χ2v) is 3.21. The monoisotopic (exact) mass is 235 g/mol. The normalized spacial score (nSPS) is 8.08. The van der Waals surface area contributed by atoms with Crippen LogP contribution in [0.3, 0.4) is 0 Å². The number of isocyanates is 1. The van der Waals surface area contributed by atoms with Crippen LogP contribution in [0.2, 0.25) is 0 Å². The van der Waals surface area contributed by atoms with E-state index in [1.165, 1.54) is 6.08 Å². The molecule has 0 aromatic heterocycles. The van der Waals surface area contributed by atoms with Crippen molar-refractivity contribution in [2.75, 3.05) is 0 Å². The largest absolute Gasteiger partial charge is 0.249 e. The molecule has 0 bridgehead atoms. The first-order chi connectivity index (χ1) is 6.33. The molecule has 0 saturated heterocycles. The van der Waals surface area contributed by atoms with Crippen molar-refractivity contribution in [1.82, 2.24) is 0 Å². The van der Waals surface area contributed by atoms with E-state index in [4.69, 9.17) is 0 Å². The van der Waals surface area contributed by atoms with Crippen LogP contribution < -0.4 is 0 Å². The Labute approximate surface area is 84.8 Å². The van der Waals surface area contributed by atoms with Gasteiger partial charge in [0.05, 0.1) is 0 Å². The van der Waals surface area contributed by atoms with Crippen molar-refractivity contribution in [3.05, 3.63) is 34.3 Å². The third kappa shape index (κ3) is 3.71. The molecule has 0 radical (unpaired) electrons. The number of halogens is 1. The van der Waals surface area contributed by atoms with E-state index in [1.54, 1.807) is 0 Å². The van der Waals surface area contributed by atoms with Crippen molar-refractivity contribution in [3.8, 4) is 12.0 Å². The summed E-state index contributed by atoms with van der Waals surface area (Å²) in [5.74, 6) is 2.73. The van der Waals surface area contributed by atoms with Gasteiger partial charge in [-0.1, -0.05) is 34.0 Å². The second kappa shape index (κ2) is 5.31. The van der Waals surface area contributed by atoms with E-state index in [0.29, 0.717) is 6.42 Å². The lowest BCUT2D eigenvalue weighted by Crippen LogP contribution is -1.79. The van der Waals surface area contributed by atoms with Crippen LogP contribution in [-0.4, -0.2) is 6.08 Å². The maximum Gasteiger partial charge on any atom is 0.249 e. The Bertz CT molecular complexity index is 380. The van der Waals surface area contributed by atoms with Crippen LogP contribution in [0.5, 0.6) is 0 Å². The Hall–Kier alpha value is -1.36. The van der Waals surface area contributed by atoms with Gasteiger partial charge in [0, 0.05) is 16.9 Å². The molecule has 0 atom stereocenters. The molecular weight excluding hydrogens is 230 g/mol. The van der Waals surface area contributed by atoms with E-state index in [0.717, 1.165) is 10.0 Å². The molecule has 0 amide bonds. The first kappa shape index (κ1) is 9.73. The molecule has 1 rings (SSSR count). The zero-order valence-corrected chi connectivity index (χ0v) is 8.34. The molecule has 0 aliphatic heterocycles. The SMILES string of the molecule is O=C=NC#CCc1ccc(Br)cc1. The number of hydrogen-bond donors (Lipinski definition) is 0. The minimum absolute atomic E-state index is 0.596. The maximum absolute atomic E-state index is 9.66. The summed E-state index contributed by atoms with van der Waals surface area (Å²) in [5, 5.41) is 0. The molecule has 0 saturated carbocycles. The molecule has 2 nitrogen and oxygen atoms in total. The van der Waals surface area contributed by atoms with Crippen LogP contribution >= 0.6 is 15.9 Å². The standard InChI is InChI=1S/C10H6BrNO/c11-10-5-3-9(4-6-10)2-1-7-12-8-13/h3-6H,2H2. The Kier molecular flexibility index (Phi) is 3.98. The van der Waals surface area contributed by atoms with Gasteiger partial charge in [0.15, 0.2) is 0 Å². The average molecular weight is 236 g/mol. The quantitative estimate of drug-likeness (QED) is 0.418. The Balaban J connectivity index is 2.61. The van der Waals surface area contributed by atoms with Crippen molar-refractivity contribution in [2.45, 2.75) is 6.42 Å². The number of hydrogen-bond acceptors (Lipinski definition) is 2. The number of carbonyl (C=O) groups excluding carboxylic acids is 1. The summed E-state index contributed by atoms with van der Waals surface area (Å²) in [5.41, 5.74) is 1.09.